The zero-order valence-electron chi connectivity index (χ0n) is 41.6. The van der Waals surface area contributed by atoms with Crippen LogP contribution in [0, 0.1) is 23.7 Å². The summed E-state index contributed by atoms with van der Waals surface area (Å²) in [7, 11) is 0. The molecule has 0 spiro atoms. The van der Waals surface area contributed by atoms with E-state index in [1.54, 1.807) is 0 Å². The summed E-state index contributed by atoms with van der Waals surface area (Å²) in [4.78, 5) is 76.7. The molecule has 0 aliphatic rings. The molecule has 0 heterocycles. The first-order valence-electron chi connectivity index (χ1n) is 25.4. The molecule has 0 radical (unpaired) electrons. The summed E-state index contributed by atoms with van der Waals surface area (Å²) >= 11 is 0. The largest absolute Gasteiger partial charge is 0.461 e. The second kappa shape index (κ2) is 40.1. The summed E-state index contributed by atoms with van der Waals surface area (Å²) in [6.07, 6.45) is 17.8. The number of aliphatic hydroxyl groups is 1. The number of rotatable bonds is 42. The molecule has 13 heteroatoms. The molecule has 0 aromatic rings. The van der Waals surface area contributed by atoms with Crippen molar-refractivity contribution in [1.82, 2.24) is 0 Å². The predicted octanol–water partition coefficient (Wildman–Crippen LogP) is 11.1. The van der Waals surface area contributed by atoms with Gasteiger partial charge in [-0.25, -0.2) is 0 Å². The molecule has 4 atom stereocenters. The van der Waals surface area contributed by atoms with E-state index in [0.29, 0.717) is 38.5 Å². The first-order chi connectivity index (χ1) is 30.7. The maximum atomic E-state index is 12.9. The standard InChI is InChI=1S/C51H92O13/c1-9-13-17-21-27-39(5)48(55)59-35-44(36-60-49(56)40(6)28-22-18-14-10-2)63-46(53)33-25-31-43(52)32-26-34-47(54)64-45(37-61-50(57)41(7)29-23-19-15-11-3)38-62-51(58)42(8)30-24-20-16-12-4/h39-45,52H,9-38H2,1-8H3. The molecular formula is C51H92O13. The molecule has 0 bridgehead atoms. The van der Waals surface area contributed by atoms with Gasteiger partial charge < -0.3 is 33.5 Å². The summed E-state index contributed by atoms with van der Waals surface area (Å²) in [5.41, 5.74) is 0. The Morgan fingerprint density at radius 2 is 0.609 bits per heavy atom. The number of unbranched alkanes of at least 4 members (excludes halogenated alkanes) is 12. The van der Waals surface area contributed by atoms with Crippen LogP contribution in [0.2, 0.25) is 0 Å². The number of carbonyl (C=O) groups excluding carboxylic acids is 6. The average molecular weight is 913 g/mol. The molecule has 0 amide bonds. The van der Waals surface area contributed by atoms with Gasteiger partial charge in [-0.3, -0.25) is 28.8 Å². The zero-order valence-corrected chi connectivity index (χ0v) is 41.6. The van der Waals surface area contributed by atoms with E-state index in [1.165, 1.54) is 0 Å². The molecule has 0 rings (SSSR count). The molecule has 0 aliphatic heterocycles. The van der Waals surface area contributed by atoms with Gasteiger partial charge in [-0.15, -0.1) is 0 Å². The average Bonchev–Trinajstić information content (AvgIpc) is 3.27. The van der Waals surface area contributed by atoms with Gasteiger partial charge in [0.1, 0.15) is 26.4 Å². The van der Waals surface area contributed by atoms with Gasteiger partial charge in [0.2, 0.25) is 0 Å². The van der Waals surface area contributed by atoms with E-state index in [0.717, 1.165) is 103 Å². The first kappa shape index (κ1) is 60.8. The fourth-order valence-corrected chi connectivity index (χ4v) is 7.08. The van der Waals surface area contributed by atoms with Gasteiger partial charge in [0, 0.05) is 12.8 Å². The minimum Gasteiger partial charge on any atom is -0.461 e. The molecule has 64 heavy (non-hydrogen) atoms. The van der Waals surface area contributed by atoms with Crippen molar-refractivity contribution in [2.24, 2.45) is 23.7 Å². The van der Waals surface area contributed by atoms with E-state index < -0.39 is 30.3 Å². The maximum absolute atomic E-state index is 12.9. The van der Waals surface area contributed by atoms with Crippen LogP contribution >= 0.6 is 0 Å². The highest BCUT2D eigenvalue weighted by Crippen LogP contribution is 2.18. The number of esters is 6. The molecule has 4 unspecified atom stereocenters. The Morgan fingerprint density at radius 1 is 0.359 bits per heavy atom. The second-order valence-electron chi connectivity index (χ2n) is 18.2. The minimum absolute atomic E-state index is 0.0208. The molecule has 0 aliphatic carbocycles. The molecule has 0 fully saturated rings. The third-order valence-corrected chi connectivity index (χ3v) is 11.7. The number of hydrogen-bond donors (Lipinski definition) is 1. The lowest BCUT2D eigenvalue weighted by molar-refractivity contribution is -0.169. The first-order valence-corrected chi connectivity index (χ1v) is 25.4. The van der Waals surface area contributed by atoms with E-state index in [9.17, 15) is 33.9 Å². The van der Waals surface area contributed by atoms with Crippen LogP contribution in [0.25, 0.3) is 0 Å². The lowest BCUT2D eigenvalue weighted by Gasteiger charge is -2.21. The normalized spacial score (nSPS) is 14.6. The molecule has 374 valence electrons. The monoisotopic (exact) mass is 913 g/mol. The highest BCUT2D eigenvalue weighted by molar-refractivity contribution is 5.74. The molecule has 0 aromatic carbocycles. The summed E-state index contributed by atoms with van der Waals surface area (Å²) in [5.74, 6) is -3.94. The molecule has 13 nitrogen and oxygen atoms in total. The Labute approximate surface area is 387 Å². The maximum Gasteiger partial charge on any atom is 0.308 e. The van der Waals surface area contributed by atoms with Crippen molar-refractivity contribution in [3.63, 3.8) is 0 Å². The Morgan fingerprint density at radius 3 is 0.844 bits per heavy atom. The van der Waals surface area contributed by atoms with Gasteiger partial charge in [-0.2, -0.15) is 0 Å². The minimum atomic E-state index is -0.968. The zero-order chi connectivity index (χ0) is 48.0. The Hall–Kier alpha value is -3.22. The molecule has 1 N–H and O–H groups in total. The Bertz CT molecular complexity index is 1080. The van der Waals surface area contributed by atoms with Crippen LogP contribution in [0.1, 0.15) is 222 Å². The quantitative estimate of drug-likeness (QED) is 0.0348. The van der Waals surface area contributed by atoms with Crippen LogP contribution in [0.4, 0.5) is 0 Å². The molecule has 0 saturated heterocycles. The SMILES string of the molecule is CCCCCCC(C)C(=O)OCC(COC(=O)C(C)CCCCCC)OC(=O)CCCC(O)CCCC(=O)OC(COC(=O)C(C)CCCCCC)COC(=O)C(C)CCCCCC. The van der Waals surface area contributed by atoms with Gasteiger partial charge >= 0.3 is 35.8 Å². The molecule has 0 saturated carbocycles. The van der Waals surface area contributed by atoms with Gasteiger partial charge in [-0.1, -0.05) is 158 Å². The van der Waals surface area contributed by atoms with Crippen molar-refractivity contribution in [3.8, 4) is 0 Å². The summed E-state index contributed by atoms with van der Waals surface area (Å²) in [6, 6.07) is 0. The number of ether oxygens (including phenoxy) is 6. The molecule has 0 aromatic heterocycles. The van der Waals surface area contributed by atoms with Gasteiger partial charge in [0.15, 0.2) is 12.2 Å². The molecular weight excluding hydrogens is 821 g/mol. The number of carbonyl (C=O) groups is 6. The van der Waals surface area contributed by atoms with E-state index in [2.05, 4.69) is 27.7 Å². The smallest absolute Gasteiger partial charge is 0.308 e. The lowest BCUT2D eigenvalue weighted by Crippen LogP contribution is -2.32. The van der Waals surface area contributed by atoms with Crippen LogP contribution < -0.4 is 0 Å². The van der Waals surface area contributed by atoms with E-state index in [1.807, 2.05) is 27.7 Å². The summed E-state index contributed by atoms with van der Waals surface area (Å²) in [5, 5.41) is 10.7. The fraction of sp³-hybridized carbons (Fsp3) is 0.882. The van der Waals surface area contributed by atoms with Crippen molar-refractivity contribution in [3.05, 3.63) is 0 Å². The van der Waals surface area contributed by atoms with Crippen LogP contribution in [-0.4, -0.2) is 85.7 Å². The number of aliphatic hydroxyl groups excluding tert-OH is 1. The van der Waals surface area contributed by atoms with Crippen molar-refractivity contribution in [1.29, 1.82) is 0 Å². The third-order valence-electron chi connectivity index (χ3n) is 11.7. The predicted molar refractivity (Wildman–Crippen MR) is 249 cm³/mol. The van der Waals surface area contributed by atoms with Gasteiger partial charge in [0.25, 0.3) is 0 Å². The highest BCUT2D eigenvalue weighted by atomic mass is 16.6. The van der Waals surface area contributed by atoms with Crippen molar-refractivity contribution < 1.29 is 62.3 Å². The van der Waals surface area contributed by atoms with Gasteiger partial charge in [0.05, 0.1) is 29.8 Å². The summed E-state index contributed by atoms with van der Waals surface area (Å²) in [6.45, 7) is 14.8. The van der Waals surface area contributed by atoms with E-state index in [-0.39, 0.29) is 99.7 Å². The fourth-order valence-electron chi connectivity index (χ4n) is 7.08. The highest BCUT2D eigenvalue weighted by Gasteiger charge is 2.25. The van der Waals surface area contributed by atoms with Gasteiger partial charge in [-0.05, 0) is 51.4 Å². The van der Waals surface area contributed by atoms with Crippen molar-refractivity contribution in [2.45, 2.75) is 241 Å². The van der Waals surface area contributed by atoms with Crippen molar-refractivity contribution in [2.75, 3.05) is 26.4 Å². The van der Waals surface area contributed by atoms with Crippen LogP contribution in [0.15, 0.2) is 0 Å². The topological polar surface area (TPSA) is 178 Å². The summed E-state index contributed by atoms with van der Waals surface area (Å²) < 4.78 is 33.3. The second-order valence-corrected chi connectivity index (χ2v) is 18.2. The van der Waals surface area contributed by atoms with E-state index in [4.69, 9.17) is 28.4 Å². The Balaban J connectivity index is 5.12. The third kappa shape index (κ3) is 33.3. The van der Waals surface area contributed by atoms with Crippen LogP contribution in [0.3, 0.4) is 0 Å². The van der Waals surface area contributed by atoms with Crippen LogP contribution in [-0.2, 0) is 57.2 Å². The Kier molecular flexibility index (Phi) is 38.1. The lowest BCUT2D eigenvalue weighted by atomic mass is 10.0. The van der Waals surface area contributed by atoms with Crippen LogP contribution in [0.5, 0.6) is 0 Å². The van der Waals surface area contributed by atoms with Crippen molar-refractivity contribution >= 4 is 35.8 Å². The van der Waals surface area contributed by atoms with E-state index >= 15 is 0 Å². The number of hydrogen-bond acceptors (Lipinski definition) is 13.